The van der Waals surface area contributed by atoms with Gasteiger partial charge in [0.25, 0.3) is 0 Å². The first-order valence-electron chi connectivity index (χ1n) is 4.39. The van der Waals surface area contributed by atoms with E-state index in [1.165, 1.54) is 7.11 Å². The van der Waals surface area contributed by atoms with Crippen molar-refractivity contribution < 1.29 is 9.53 Å². The number of allylic oxidation sites excluding steroid dienone is 1. The standard InChI is InChI=1S/C9H15N3O2/c1-3-4-5-8(12-11)7(6-10)9(13)14-2/h12H,3-5,11H2,1-2H3. The molecule has 0 fully saturated rings. The van der Waals surface area contributed by atoms with Gasteiger partial charge in [0.15, 0.2) is 5.57 Å². The van der Waals surface area contributed by atoms with Crippen LogP contribution in [0.15, 0.2) is 11.3 Å². The maximum absolute atomic E-state index is 11.1. The van der Waals surface area contributed by atoms with Crippen LogP contribution in [0, 0.1) is 11.3 Å². The van der Waals surface area contributed by atoms with Gasteiger partial charge < -0.3 is 10.2 Å². The maximum atomic E-state index is 11.1. The second-order valence-electron chi connectivity index (χ2n) is 2.70. The Labute approximate surface area is 83.5 Å². The highest BCUT2D eigenvalue weighted by Crippen LogP contribution is 2.09. The van der Waals surface area contributed by atoms with Crippen molar-refractivity contribution in [1.82, 2.24) is 5.43 Å². The van der Waals surface area contributed by atoms with E-state index < -0.39 is 5.97 Å². The van der Waals surface area contributed by atoms with Crippen LogP contribution in [0.25, 0.3) is 0 Å². The molecule has 0 rings (SSSR count). The molecule has 0 heterocycles. The van der Waals surface area contributed by atoms with Gasteiger partial charge in [0.05, 0.1) is 12.8 Å². The average molecular weight is 197 g/mol. The molecule has 0 saturated carbocycles. The van der Waals surface area contributed by atoms with Crippen molar-refractivity contribution in [2.45, 2.75) is 26.2 Å². The minimum atomic E-state index is -0.656. The summed E-state index contributed by atoms with van der Waals surface area (Å²) in [4.78, 5) is 11.1. The summed E-state index contributed by atoms with van der Waals surface area (Å²) in [6.07, 6.45) is 2.40. The van der Waals surface area contributed by atoms with Crippen LogP contribution in [-0.4, -0.2) is 13.1 Å². The molecule has 0 atom stereocenters. The third-order valence-electron chi connectivity index (χ3n) is 1.76. The Bertz CT molecular complexity index is 266. The summed E-state index contributed by atoms with van der Waals surface area (Å²) in [6, 6.07) is 1.78. The van der Waals surface area contributed by atoms with Crippen LogP contribution in [0.2, 0.25) is 0 Å². The monoisotopic (exact) mass is 197 g/mol. The van der Waals surface area contributed by atoms with Crippen molar-refractivity contribution in [3.05, 3.63) is 11.3 Å². The van der Waals surface area contributed by atoms with Gasteiger partial charge in [-0.05, 0) is 12.8 Å². The van der Waals surface area contributed by atoms with Gasteiger partial charge in [-0.3, -0.25) is 5.84 Å². The Hall–Kier alpha value is -1.54. The van der Waals surface area contributed by atoms with E-state index in [0.29, 0.717) is 12.1 Å². The Morgan fingerprint density at radius 1 is 1.64 bits per heavy atom. The molecule has 0 aliphatic carbocycles. The molecular weight excluding hydrogens is 182 g/mol. The van der Waals surface area contributed by atoms with Crippen LogP contribution in [0.3, 0.4) is 0 Å². The number of nitrogens with one attached hydrogen (secondary N) is 1. The zero-order valence-electron chi connectivity index (χ0n) is 8.46. The summed E-state index contributed by atoms with van der Waals surface area (Å²) >= 11 is 0. The summed E-state index contributed by atoms with van der Waals surface area (Å²) in [7, 11) is 1.23. The van der Waals surface area contributed by atoms with Crippen molar-refractivity contribution >= 4 is 5.97 Å². The predicted molar refractivity (Wildman–Crippen MR) is 51.5 cm³/mol. The van der Waals surface area contributed by atoms with Crippen molar-refractivity contribution in [1.29, 1.82) is 5.26 Å². The predicted octanol–water partition coefficient (Wildman–Crippen LogP) is 0.591. The van der Waals surface area contributed by atoms with E-state index in [0.717, 1.165) is 12.8 Å². The molecule has 0 radical (unpaired) electrons. The molecule has 0 amide bonds. The van der Waals surface area contributed by atoms with E-state index in [-0.39, 0.29) is 5.57 Å². The van der Waals surface area contributed by atoms with E-state index in [4.69, 9.17) is 11.1 Å². The number of rotatable bonds is 5. The minimum absolute atomic E-state index is 0.0524. The van der Waals surface area contributed by atoms with Crippen molar-refractivity contribution in [2.24, 2.45) is 5.84 Å². The molecular formula is C9H15N3O2. The first kappa shape index (κ1) is 12.5. The number of carbonyl (C=O) groups excluding carboxylic acids is 1. The van der Waals surface area contributed by atoms with Crippen LogP contribution < -0.4 is 11.3 Å². The number of hydrogen-bond acceptors (Lipinski definition) is 5. The smallest absolute Gasteiger partial charge is 0.350 e. The molecule has 0 bridgehead atoms. The Morgan fingerprint density at radius 2 is 2.29 bits per heavy atom. The lowest BCUT2D eigenvalue weighted by molar-refractivity contribution is -0.135. The highest BCUT2D eigenvalue weighted by Gasteiger charge is 2.14. The fourth-order valence-corrected chi connectivity index (χ4v) is 0.961. The second-order valence-corrected chi connectivity index (χ2v) is 2.70. The van der Waals surface area contributed by atoms with Crippen molar-refractivity contribution in [3.63, 3.8) is 0 Å². The zero-order chi connectivity index (χ0) is 11.0. The van der Waals surface area contributed by atoms with Gasteiger partial charge >= 0.3 is 5.97 Å². The van der Waals surface area contributed by atoms with Crippen molar-refractivity contribution in [2.75, 3.05) is 7.11 Å². The lowest BCUT2D eigenvalue weighted by Crippen LogP contribution is -2.25. The fourth-order valence-electron chi connectivity index (χ4n) is 0.961. The summed E-state index contributed by atoms with van der Waals surface area (Å²) in [5.74, 6) is 4.56. The summed E-state index contributed by atoms with van der Waals surface area (Å²) < 4.78 is 4.45. The molecule has 78 valence electrons. The van der Waals surface area contributed by atoms with Gasteiger partial charge in [0, 0.05) is 0 Å². The normalized spacial score (nSPS) is 11.3. The lowest BCUT2D eigenvalue weighted by atomic mass is 10.1. The molecule has 0 saturated heterocycles. The lowest BCUT2D eigenvalue weighted by Gasteiger charge is -2.07. The molecule has 14 heavy (non-hydrogen) atoms. The number of methoxy groups -OCH3 is 1. The largest absolute Gasteiger partial charge is 0.465 e. The summed E-state index contributed by atoms with van der Waals surface area (Å²) in [6.45, 7) is 2.01. The number of nitrogens with two attached hydrogens (primary N) is 1. The molecule has 0 aliphatic heterocycles. The first-order valence-corrected chi connectivity index (χ1v) is 4.39. The van der Waals surface area contributed by atoms with Crippen LogP contribution in [-0.2, 0) is 9.53 Å². The highest BCUT2D eigenvalue weighted by molar-refractivity contribution is 5.93. The van der Waals surface area contributed by atoms with Gasteiger partial charge in [-0.1, -0.05) is 13.3 Å². The molecule has 0 aromatic rings. The molecule has 0 aromatic carbocycles. The van der Waals surface area contributed by atoms with Gasteiger partial charge in [-0.15, -0.1) is 0 Å². The number of esters is 1. The molecule has 0 unspecified atom stereocenters. The SMILES string of the molecule is CCCCC(NN)=C(C#N)C(=O)OC. The number of hydrazine groups is 1. The molecule has 0 aliphatic rings. The number of nitriles is 1. The summed E-state index contributed by atoms with van der Waals surface area (Å²) in [5.41, 5.74) is 2.74. The number of hydrogen-bond donors (Lipinski definition) is 2. The topological polar surface area (TPSA) is 88.1 Å². The molecule has 5 nitrogen and oxygen atoms in total. The Morgan fingerprint density at radius 3 is 2.64 bits per heavy atom. The quantitative estimate of drug-likeness (QED) is 0.221. The number of nitrogens with zero attached hydrogens (tertiary/aromatic N) is 1. The zero-order valence-corrected chi connectivity index (χ0v) is 8.46. The minimum Gasteiger partial charge on any atom is -0.465 e. The van der Waals surface area contributed by atoms with Gasteiger partial charge in [-0.25, -0.2) is 4.79 Å². The van der Waals surface area contributed by atoms with Crippen LogP contribution >= 0.6 is 0 Å². The molecule has 3 N–H and O–H groups in total. The van der Waals surface area contributed by atoms with Crippen LogP contribution in [0.1, 0.15) is 26.2 Å². The van der Waals surface area contributed by atoms with Gasteiger partial charge in [0.1, 0.15) is 6.07 Å². The summed E-state index contributed by atoms with van der Waals surface area (Å²) in [5, 5.41) is 8.72. The maximum Gasteiger partial charge on any atom is 0.350 e. The average Bonchev–Trinajstić information content (AvgIpc) is 2.23. The van der Waals surface area contributed by atoms with Crippen LogP contribution in [0.4, 0.5) is 0 Å². The van der Waals surface area contributed by atoms with Gasteiger partial charge in [-0.2, -0.15) is 5.26 Å². The molecule has 5 heteroatoms. The van der Waals surface area contributed by atoms with E-state index in [2.05, 4.69) is 10.2 Å². The van der Waals surface area contributed by atoms with E-state index in [9.17, 15) is 4.79 Å². The van der Waals surface area contributed by atoms with E-state index in [1.54, 1.807) is 6.07 Å². The second kappa shape index (κ2) is 6.92. The fraction of sp³-hybridized carbons (Fsp3) is 0.556. The van der Waals surface area contributed by atoms with Gasteiger partial charge in [0.2, 0.25) is 0 Å². The molecule has 0 spiro atoms. The number of carbonyl (C=O) groups is 1. The Kier molecular flexibility index (Phi) is 6.16. The third kappa shape index (κ3) is 3.46. The van der Waals surface area contributed by atoms with E-state index in [1.807, 2.05) is 6.92 Å². The van der Waals surface area contributed by atoms with E-state index >= 15 is 0 Å². The highest BCUT2D eigenvalue weighted by atomic mass is 16.5. The molecule has 0 aromatic heterocycles. The first-order chi connectivity index (χ1) is 6.71. The van der Waals surface area contributed by atoms with Crippen molar-refractivity contribution in [3.8, 4) is 6.07 Å². The Balaban J connectivity index is 4.75. The third-order valence-corrected chi connectivity index (χ3v) is 1.76. The number of unbranched alkanes of at least 4 members (excludes halogenated alkanes) is 1. The number of ether oxygens (including phenoxy) is 1. The van der Waals surface area contributed by atoms with Crippen LogP contribution in [0.5, 0.6) is 0 Å².